The van der Waals surface area contributed by atoms with E-state index < -0.39 is 27.2 Å². The van der Waals surface area contributed by atoms with Gasteiger partial charge in [-0.25, -0.2) is 12.8 Å². The maximum atomic E-state index is 13.8. The van der Waals surface area contributed by atoms with Crippen molar-refractivity contribution in [2.24, 2.45) is 0 Å². The minimum atomic E-state index is -3.48. The van der Waals surface area contributed by atoms with Crippen molar-refractivity contribution in [1.29, 1.82) is 0 Å². The third kappa shape index (κ3) is 3.27. The Balaban J connectivity index is 2.30. The van der Waals surface area contributed by atoms with Gasteiger partial charge >= 0.3 is 0 Å². The summed E-state index contributed by atoms with van der Waals surface area (Å²) in [5, 5.41) is 0.645. The molecule has 24 heavy (non-hydrogen) atoms. The monoisotopic (exact) mass is 409 g/mol. The lowest BCUT2D eigenvalue weighted by molar-refractivity contribution is 0.101. The second kappa shape index (κ2) is 6.14. The number of Topliss-reactive ketones (excluding diaryl/α,β-unsaturated/α-hetero) is 1. The molecule has 124 valence electrons. The summed E-state index contributed by atoms with van der Waals surface area (Å²) in [4.78, 5) is 15.4. The number of carbonyl (C=O) groups excluding carboxylic acids is 1. The standard InChI is InChI=1S/C17H13BrFNO3S/c1-24(22,23)9-15(21)17-16(10-5-3-2-4-6-10)11-7-12(18)13(19)8-14(11)20-17/h2-8,20H,9H2,1H3. The van der Waals surface area contributed by atoms with E-state index in [4.69, 9.17) is 0 Å². The summed E-state index contributed by atoms with van der Waals surface area (Å²) >= 11 is 3.15. The van der Waals surface area contributed by atoms with E-state index in [1.165, 1.54) is 6.07 Å². The van der Waals surface area contributed by atoms with Crippen LogP contribution in [0.3, 0.4) is 0 Å². The van der Waals surface area contributed by atoms with E-state index in [0.717, 1.165) is 11.8 Å². The van der Waals surface area contributed by atoms with Crippen LogP contribution in [-0.2, 0) is 9.84 Å². The van der Waals surface area contributed by atoms with Gasteiger partial charge in [-0.2, -0.15) is 0 Å². The number of nitrogens with one attached hydrogen (secondary N) is 1. The molecule has 0 spiro atoms. The Bertz CT molecular complexity index is 1040. The number of aromatic nitrogens is 1. The quantitative estimate of drug-likeness (QED) is 0.662. The number of sulfone groups is 1. The fraction of sp³-hybridized carbons (Fsp3) is 0.118. The van der Waals surface area contributed by atoms with Gasteiger partial charge in [-0.1, -0.05) is 30.3 Å². The maximum Gasteiger partial charge on any atom is 0.194 e. The molecule has 0 unspecified atom stereocenters. The lowest BCUT2D eigenvalue weighted by Gasteiger charge is -2.04. The lowest BCUT2D eigenvalue weighted by atomic mass is 10.0. The van der Waals surface area contributed by atoms with Gasteiger partial charge < -0.3 is 4.98 Å². The van der Waals surface area contributed by atoms with Crippen LogP contribution in [0.1, 0.15) is 10.5 Å². The number of halogens is 2. The Kier molecular flexibility index (Phi) is 4.31. The third-order valence-electron chi connectivity index (χ3n) is 3.57. The highest BCUT2D eigenvalue weighted by atomic mass is 79.9. The normalized spacial score (nSPS) is 11.8. The van der Waals surface area contributed by atoms with Crippen LogP contribution in [0.2, 0.25) is 0 Å². The van der Waals surface area contributed by atoms with Crippen molar-refractivity contribution in [2.75, 3.05) is 12.0 Å². The minimum Gasteiger partial charge on any atom is -0.351 e. The van der Waals surface area contributed by atoms with Gasteiger partial charge in [0.15, 0.2) is 15.6 Å². The SMILES string of the molecule is CS(=O)(=O)CC(=O)c1[nH]c2cc(F)c(Br)cc2c1-c1ccccc1. The summed E-state index contributed by atoms with van der Waals surface area (Å²) in [5.41, 5.74) is 1.92. The topological polar surface area (TPSA) is 67.0 Å². The molecule has 1 heterocycles. The lowest BCUT2D eigenvalue weighted by Crippen LogP contribution is -2.15. The van der Waals surface area contributed by atoms with E-state index in [2.05, 4.69) is 20.9 Å². The zero-order chi connectivity index (χ0) is 17.5. The van der Waals surface area contributed by atoms with Crippen LogP contribution >= 0.6 is 15.9 Å². The summed E-state index contributed by atoms with van der Waals surface area (Å²) in [6, 6.07) is 12.0. The van der Waals surface area contributed by atoms with E-state index in [9.17, 15) is 17.6 Å². The van der Waals surface area contributed by atoms with Crippen LogP contribution in [0, 0.1) is 5.82 Å². The summed E-state index contributed by atoms with van der Waals surface area (Å²) in [6.07, 6.45) is 1.01. The molecule has 0 radical (unpaired) electrons. The molecule has 0 aliphatic heterocycles. The number of fused-ring (bicyclic) bond motifs is 1. The molecule has 0 aliphatic carbocycles. The third-order valence-corrected chi connectivity index (χ3v) is 4.97. The first-order valence-electron chi connectivity index (χ1n) is 7.03. The van der Waals surface area contributed by atoms with Crippen LogP contribution in [0.4, 0.5) is 4.39 Å². The highest BCUT2D eigenvalue weighted by molar-refractivity contribution is 9.10. The van der Waals surface area contributed by atoms with Crippen molar-refractivity contribution in [1.82, 2.24) is 4.98 Å². The minimum absolute atomic E-state index is 0.166. The molecule has 0 amide bonds. The predicted octanol–water partition coefficient (Wildman–Crippen LogP) is 3.96. The smallest absolute Gasteiger partial charge is 0.194 e. The molecule has 0 bridgehead atoms. The highest BCUT2D eigenvalue weighted by Gasteiger charge is 2.22. The number of benzene rings is 2. The Hall–Kier alpha value is -1.99. The Morgan fingerprint density at radius 1 is 1.21 bits per heavy atom. The maximum absolute atomic E-state index is 13.8. The Morgan fingerprint density at radius 3 is 2.50 bits per heavy atom. The molecule has 4 nitrogen and oxygen atoms in total. The average Bonchev–Trinajstić information content (AvgIpc) is 2.85. The summed E-state index contributed by atoms with van der Waals surface area (Å²) < 4.78 is 37.1. The largest absolute Gasteiger partial charge is 0.351 e. The zero-order valence-electron chi connectivity index (χ0n) is 12.6. The van der Waals surface area contributed by atoms with Crippen LogP contribution < -0.4 is 0 Å². The number of hydrogen-bond donors (Lipinski definition) is 1. The van der Waals surface area contributed by atoms with E-state index in [-0.39, 0.29) is 10.2 Å². The van der Waals surface area contributed by atoms with Gasteiger partial charge in [-0.05, 0) is 33.6 Å². The van der Waals surface area contributed by atoms with Gasteiger partial charge in [0.05, 0.1) is 10.2 Å². The molecule has 2 aromatic carbocycles. The molecular weight excluding hydrogens is 397 g/mol. The van der Waals surface area contributed by atoms with Gasteiger partial charge in [0.25, 0.3) is 0 Å². The summed E-state index contributed by atoms with van der Waals surface area (Å²) in [7, 11) is -3.48. The Morgan fingerprint density at radius 2 is 1.88 bits per heavy atom. The molecular formula is C17H13BrFNO3S. The highest BCUT2D eigenvalue weighted by Crippen LogP contribution is 2.35. The number of ketones is 1. The molecule has 1 aromatic heterocycles. The molecule has 7 heteroatoms. The predicted molar refractivity (Wildman–Crippen MR) is 95.4 cm³/mol. The fourth-order valence-electron chi connectivity index (χ4n) is 2.61. The van der Waals surface area contributed by atoms with Gasteiger partial charge in [0.2, 0.25) is 0 Å². The van der Waals surface area contributed by atoms with Crippen LogP contribution in [0.25, 0.3) is 22.0 Å². The van der Waals surface area contributed by atoms with Crippen LogP contribution in [-0.4, -0.2) is 31.2 Å². The van der Waals surface area contributed by atoms with Crippen molar-refractivity contribution in [3.05, 3.63) is 58.4 Å². The number of hydrogen-bond acceptors (Lipinski definition) is 3. The average molecular weight is 410 g/mol. The van der Waals surface area contributed by atoms with Gasteiger partial charge in [0, 0.05) is 22.7 Å². The molecule has 0 aliphatic rings. The van der Waals surface area contributed by atoms with E-state index in [0.29, 0.717) is 16.5 Å². The second-order valence-electron chi connectivity index (χ2n) is 5.55. The van der Waals surface area contributed by atoms with Crippen molar-refractivity contribution in [2.45, 2.75) is 0 Å². The molecule has 3 aromatic rings. The molecule has 0 atom stereocenters. The number of rotatable bonds is 4. The van der Waals surface area contributed by atoms with Crippen molar-refractivity contribution in [3.63, 3.8) is 0 Å². The van der Waals surface area contributed by atoms with Crippen molar-refractivity contribution < 1.29 is 17.6 Å². The first kappa shape index (κ1) is 16.9. The van der Waals surface area contributed by atoms with Gasteiger partial charge in [-0.15, -0.1) is 0 Å². The summed E-state index contributed by atoms with van der Waals surface area (Å²) in [5.74, 6) is -1.63. The number of aromatic amines is 1. The first-order chi connectivity index (χ1) is 11.3. The van der Waals surface area contributed by atoms with Gasteiger partial charge in [0.1, 0.15) is 11.6 Å². The van der Waals surface area contributed by atoms with Crippen molar-refractivity contribution >= 4 is 42.5 Å². The molecule has 1 N–H and O–H groups in total. The van der Waals surface area contributed by atoms with Crippen LogP contribution in [0.5, 0.6) is 0 Å². The second-order valence-corrected chi connectivity index (χ2v) is 8.54. The molecule has 0 saturated carbocycles. The summed E-state index contributed by atoms with van der Waals surface area (Å²) in [6.45, 7) is 0. The fourth-order valence-corrected chi connectivity index (χ4v) is 3.58. The van der Waals surface area contributed by atoms with Crippen LogP contribution in [0.15, 0.2) is 46.9 Å². The molecule has 0 fully saturated rings. The van der Waals surface area contributed by atoms with E-state index in [1.54, 1.807) is 6.07 Å². The van der Waals surface area contributed by atoms with Crippen molar-refractivity contribution in [3.8, 4) is 11.1 Å². The molecule has 0 saturated heterocycles. The molecule has 3 rings (SSSR count). The number of H-pyrrole nitrogens is 1. The van der Waals surface area contributed by atoms with E-state index in [1.807, 2.05) is 30.3 Å². The van der Waals surface area contributed by atoms with E-state index >= 15 is 0 Å². The zero-order valence-corrected chi connectivity index (χ0v) is 15.0. The van der Waals surface area contributed by atoms with Gasteiger partial charge in [-0.3, -0.25) is 4.79 Å². The number of carbonyl (C=O) groups is 1. The first-order valence-corrected chi connectivity index (χ1v) is 9.88. The Labute approximate surface area is 146 Å².